The van der Waals surface area contributed by atoms with Crippen LogP contribution in [-0.4, -0.2) is 22.7 Å². The summed E-state index contributed by atoms with van der Waals surface area (Å²) in [6.45, 7) is 2.50. The van der Waals surface area contributed by atoms with Gasteiger partial charge in [-0.1, -0.05) is 23.7 Å². The zero-order valence-corrected chi connectivity index (χ0v) is 10.9. The summed E-state index contributed by atoms with van der Waals surface area (Å²) in [6.07, 6.45) is 1.48. The zero-order valence-electron chi connectivity index (χ0n) is 10.2. The molecule has 0 N–H and O–H groups in total. The number of halogens is 1. The van der Waals surface area contributed by atoms with Crippen LogP contribution in [0, 0.1) is 0 Å². The van der Waals surface area contributed by atoms with Crippen molar-refractivity contribution in [2.45, 2.75) is 13.5 Å². The lowest BCUT2D eigenvalue weighted by Gasteiger charge is -2.06. The summed E-state index contributed by atoms with van der Waals surface area (Å²) in [5.74, 6) is 0.484. The van der Waals surface area contributed by atoms with Crippen molar-refractivity contribution >= 4 is 17.4 Å². The van der Waals surface area contributed by atoms with Crippen LogP contribution >= 0.6 is 11.6 Å². The number of ether oxygens (including phenoxy) is 1. The van der Waals surface area contributed by atoms with Crippen molar-refractivity contribution in [3.63, 3.8) is 0 Å². The van der Waals surface area contributed by atoms with Crippen molar-refractivity contribution in [1.29, 1.82) is 0 Å². The second kappa shape index (κ2) is 5.23. The molecule has 0 bridgehead atoms. The van der Waals surface area contributed by atoms with Crippen LogP contribution in [0.5, 0.6) is 5.75 Å². The summed E-state index contributed by atoms with van der Waals surface area (Å²) < 4.78 is 6.69. The van der Waals surface area contributed by atoms with Gasteiger partial charge in [0.05, 0.1) is 18.3 Å². The van der Waals surface area contributed by atoms with Gasteiger partial charge in [-0.05, 0) is 19.1 Å². The van der Waals surface area contributed by atoms with Gasteiger partial charge in [0.1, 0.15) is 11.4 Å². The fraction of sp³-hybridized carbons (Fsp3) is 0.231. The average molecular weight is 265 g/mol. The maximum Gasteiger partial charge on any atom is 0.212 e. The number of rotatable bonds is 4. The molecular formula is C13H13ClN2O2. The smallest absolute Gasteiger partial charge is 0.212 e. The summed E-state index contributed by atoms with van der Waals surface area (Å²) in [7, 11) is 1.56. The molecule has 0 unspecified atom stereocenters. The third-order valence-electron chi connectivity index (χ3n) is 2.64. The van der Waals surface area contributed by atoms with Crippen LogP contribution in [0.15, 0.2) is 30.5 Å². The van der Waals surface area contributed by atoms with Gasteiger partial charge in [0.2, 0.25) is 5.78 Å². The van der Waals surface area contributed by atoms with Crippen LogP contribution in [0.3, 0.4) is 0 Å². The molecule has 0 aliphatic heterocycles. The fourth-order valence-electron chi connectivity index (χ4n) is 1.73. The molecule has 2 rings (SSSR count). The highest BCUT2D eigenvalue weighted by Crippen LogP contribution is 2.21. The highest BCUT2D eigenvalue weighted by atomic mass is 35.5. The number of hydrogen-bond acceptors (Lipinski definition) is 3. The minimum absolute atomic E-state index is 0.154. The Hall–Kier alpha value is -1.81. The zero-order chi connectivity index (χ0) is 13.1. The molecule has 4 nitrogen and oxygen atoms in total. The molecule has 1 heterocycles. The number of hydrogen-bond donors (Lipinski definition) is 0. The molecule has 94 valence electrons. The van der Waals surface area contributed by atoms with Crippen molar-refractivity contribution in [2.75, 3.05) is 7.11 Å². The van der Waals surface area contributed by atoms with E-state index in [1.807, 2.05) is 6.92 Å². The molecule has 18 heavy (non-hydrogen) atoms. The molecule has 0 aliphatic carbocycles. The first-order valence-electron chi connectivity index (χ1n) is 5.57. The Balaban J connectivity index is 2.44. The largest absolute Gasteiger partial charge is 0.497 e. The van der Waals surface area contributed by atoms with E-state index in [1.165, 1.54) is 6.20 Å². The monoisotopic (exact) mass is 264 g/mol. The van der Waals surface area contributed by atoms with Gasteiger partial charge in [-0.3, -0.25) is 9.48 Å². The first-order chi connectivity index (χ1) is 8.67. The van der Waals surface area contributed by atoms with E-state index in [0.717, 1.165) is 0 Å². The summed E-state index contributed by atoms with van der Waals surface area (Å²) in [5.41, 5.74) is 0.943. The van der Waals surface area contributed by atoms with Crippen LogP contribution in [-0.2, 0) is 6.54 Å². The highest BCUT2D eigenvalue weighted by Gasteiger charge is 2.18. The second-order valence-corrected chi connectivity index (χ2v) is 4.13. The molecule has 1 aromatic carbocycles. The Bertz CT molecular complexity index is 578. The number of carbonyl (C=O) groups is 1. The molecule has 0 radical (unpaired) electrons. The number of carbonyl (C=O) groups excluding carboxylic acids is 1. The third kappa shape index (κ3) is 2.24. The van der Waals surface area contributed by atoms with Gasteiger partial charge in [0, 0.05) is 12.1 Å². The van der Waals surface area contributed by atoms with Gasteiger partial charge in [-0.15, -0.1) is 0 Å². The number of aryl methyl sites for hydroxylation is 1. The molecule has 0 fully saturated rings. The van der Waals surface area contributed by atoms with E-state index in [4.69, 9.17) is 16.3 Å². The Morgan fingerprint density at radius 1 is 1.50 bits per heavy atom. The number of nitrogens with zero attached hydrogens (tertiary/aromatic N) is 2. The predicted octanol–water partition coefficient (Wildman–Crippen LogP) is 2.80. The third-order valence-corrected chi connectivity index (χ3v) is 2.92. The van der Waals surface area contributed by atoms with Crippen molar-refractivity contribution in [1.82, 2.24) is 9.78 Å². The van der Waals surface area contributed by atoms with Crippen LogP contribution < -0.4 is 4.74 Å². The number of aromatic nitrogens is 2. The van der Waals surface area contributed by atoms with Gasteiger partial charge in [0.25, 0.3) is 0 Å². The normalized spacial score (nSPS) is 10.4. The van der Waals surface area contributed by atoms with E-state index in [2.05, 4.69) is 5.10 Å². The van der Waals surface area contributed by atoms with Crippen molar-refractivity contribution in [3.8, 4) is 5.75 Å². The molecule has 0 saturated carbocycles. The summed E-state index contributed by atoms with van der Waals surface area (Å²) in [4.78, 5) is 12.4. The minimum Gasteiger partial charge on any atom is -0.497 e. The first kappa shape index (κ1) is 12.6. The Kier molecular flexibility index (Phi) is 3.67. The first-order valence-corrected chi connectivity index (χ1v) is 5.95. The Morgan fingerprint density at radius 3 is 2.94 bits per heavy atom. The molecule has 0 spiro atoms. The standard InChI is InChI=1S/C13H13ClN2O2/c1-3-16-12(11(14)8-15-16)13(17)9-5-4-6-10(7-9)18-2/h4-8H,3H2,1-2H3. The van der Waals surface area contributed by atoms with Crippen molar-refractivity contribution in [2.24, 2.45) is 0 Å². The Labute approximate surface area is 110 Å². The van der Waals surface area contributed by atoms with E-state index in [0.29, 0.717) is 28.6 Å². The van der Waals surface area contributed by atoms with Gasteiger partial charge in [-0.25, -0.2) is 0 Å². The minimum atomic E-state index is -0.154. The lowest BCUT2D eigenvalue weighted by Crippen LogP contribution is -2.11. The van der Waals surface area contributed by atoms with Gasteiger partial charge < -0.3 is 4.74 Å². The molecule has 0 amide bonds. The predicted molar refractivity (Wildman–Crippen MR) is 69.3 cm³/mol. The van der Waals surface area contributed by atoms with Gasteiger partial charge in [0.15, 0.2) is 0 Å². The van der Waals surface area contributed by atoms with E-state index in [-0.39, 0.29) is 5.78 Å². The fourth-order valence-corrected chi connectivity index (χ4v) is 1.96. The van der Waals surface area contributed by atoms with Gasteiger partial charge >= 0.3 is 0 Å². The van der Waals surface area contributed by atoms with E-state index < -0.39 is 0 Å². The number of ketones is 1. The maximum absolute atomic E-state index is 12.4. The molecule has 0 atom stereocenters. The highest BCUT2D eigenvalue weighted by molar-refractivity contribution is 6.34. The number of methoxy groups -OCH3 is 1. The SMILES string of the molecule is CCn1ncc(Cl)c1C(=O)c1cccc(OC)c1. The number of benzene rings is 1. The average Bonchev–Trinajstić information content (AvgIpc) is 2.79. The quantitative estimate of drug-likeness (QED) is 0.798. The molecular weight excluding hydrogens is 252 g/mol. The lowest BCUT2D eigenvalue weighted by atomic mass is 10.1. The Morgan fingerprint density at radius 2 is 2.28 bits per heavy atom. The summed E-state index contributed by atoms with van der Waals surface area (Å²) in [5, 5.41) is 4.42. The second-order valence-electron chi connectivity index (χ2n) is 3.72. The molecule has 1 aromatic heterocycles. The van der Waals surface area contributed by atoms with Crippen LogP contribution in [0.25, 0.3) is 0 Å². The van der Waals surface area contributed by atoms with E-state index in [9.17, 15) is 4.79 Å². The lowest BCUT2D eigenvalue weighted by molar-refractivity contribution is 0.102. The maximum atomic E-state index is 12.4. The molecule has 0 aliphatic rings. The summed E-state index contributed by atoms with van der Waals surface area (Å²) >= 11 is 6.01. The van der Waals surface area contributed by atoms with E-state index in [1.54, 1.807) is 36.1 Å². The van der Waals surface area contributed by atoms with E-state index >= 15 is 0 Å². The van der Waals surface area contributed by atoms with Crippen LogP contribution in [0.2, 0.25) is 5.02 Å². The van der Waals surface area contributed by atoms with Crippen molar-refractivity contribution < 1.29 is 9.53 Å². The van der Waals surface area contributed by atoms with Crippen molar-refractivity contribution in [3.05, 3.63) is 46.7 Å². The molecule has 5 heteroatoms. The van der Waals surface area contributed by atoms with Crippen LogP contribution in [0.4, 0.5) is 0 Å². The topological polar surface area (TPSA) is 44.1 Å². The molecule has 2 aromatic rings. The summed E-state index contributed by atoms with van der Waals surface area (Å²) in [6, 6.07) is 6.97. The van der Waals surface area contributed by atoms with Crippen LogP contribution in [0.1, 0.15) is 23.0 Å². The van der Waals surface area contributed by atoms with Gasteiger partial charge in [-0.2, -0.15) is 5.10 Å². The molecule has 0 saturated heterocycles.